The van der Waals surface area contributed by atoms with E-state index in [1.165, 1.54) is 30.8 Å². The Morgan fingerprint density at radius 3 is 2.28 bits per heavy atom. The number of rotatable bonds is 5. The molecule has 4 aliphatic carbocycles. The van der Waals surface area contributed by atoms with Crippen molar-refractivity contribution in [3.8, 4) is 0 Å². The lowest BCUT2D eigenvalue weighted by Crippen LogP contribution is -2.52. The normalized spacial score (nSPS) is 34.0. The lowest BCUT2D eigenvalue weighted by atomic mass is 9.48. The van der Waals surface area contributed by atoms with Crippen LogP contribution in [0.5, 0.6) is 0 Å². The van der Waals surface area contributed by atoms with Gasteiger partial charge in [0.2, 0.25) is 0 Å². The van der Waals surface area contributed by atoms with Gasteiger partial charge in [-0.15, -0.1) is 0 Å². The first-order chi connectivity index (χ1) is 11.9. The van der Waals surface area contributed by atoms with Crippen molar-refractivity contribution in [1.29, 1.82) is 0 Å². The number of ether oxygens (including phenoxy) is 1. The van der Waals surface area contributed by atoms with Crippen LogP contribution >= 0.6 is 11.5 Å². The molecule has 4 saturated carbocycles. The first-order valence-electron chi connectivity index (χ1n) is 9.31. The fourth-order valence-electron chi connectivity index (χ4n) is 5.90. The quantitative estimate of drug-likeness (QED) is 0.807. The number of Topliss-reactive ketones (excluding diaryl/α,β-unsaturated/α-hetero) is 1. The number of nitrogens with one attached hydrogen (secondary N) is 1. The average molecular weight is 362 g/mol. The number of nitrogens with zero attached hydrogens (tertiary/aromatic N) is 1. The van der Waals surface area contributed by atoms with Gasteiger partial charge in [-0.25, -0.2) is 4.79 Å². The zero-order valence-electron chi connectivity index (χ0n) is 15.1. The van der Waals surface area contributed by atoms with Crippen LogP contribution in [0.3, 0.4) is 0 Å². The maximum Gasteiger partial charge on any atom is 0.343 e. The van der Waals surface area contributed by atoms with Crippen molar-refractivity contribution in [2.45, 2.75) is 58.5 Å². The Balaban J connectivity index is 1.49. The topological polar surface area (TPSA) is 68.3 Å². The Labute approximate surface area is 152 Å². The van der Waals surface area contributed by atoms with E-state index in [0.29, 0.717) is 34.0 Å². The largest absolute Gasteiger partial charge is 0.451 e. The van der Waals surface area contributed by atoms with Crippen LogP contribution in [0.25, 0.3) is 0 Å². The SMILES string of the molecule is CNc1snc(C)c1C(=O)O[C@@H](C)C(=O)C12CC3CC(CC(C3)C1)C2. The molecule has 25 heavy (non-hydrogen) atoms. The predicted molar refractivity (Wildman–Crippen MR) is 96.9 cm³/mol. The number of ketones is 1. The molecule has 136 valence electrons. The Kier molecular flexibility index (Phi) is 4.13. The van der Waals surface area contributed by atoms with Gasteiger partial charge in [-0.1, -0.05) is 0 Å². The lowest BCUT2D eigenvalue weighted by molar-refractivity contribution is -0.152. The molecule has 0 amide bonds. The van der Waals surface area contributed by atoms with Crippen LogP contribution in [0.15, 0.2) is 0 Å². The van der Waals surface area contributed by atoms with Gasteiger partial charge < -0.3 is 10.1 Å². The molecule has 0 aromatic carbocycles. The number of anilines is 1. The molecule has 5 rings (SSSR count). The second-order valence-corrected chi connectivity index (χ2v) is 9.11. The molecule has 4 aliphatic rings. The van der Waals surface area contributed by atoms with Crippen LogP contribution in [-0.2, 0) is 9.53 Å². The van der Waals surface area contributed by atoms with Gasteiger partial charge in [0, 0.05) is 12.5 Å². The fourth-order valence-corrected chi connectivity index (χ4v) is 6.63. The minimum absolute atomic E-state index is 0.145. The first kappa shape index (κ1) is 17.0. The van der Waals surface area contributed by atoms with Gasteiger partial charge in [-0.3, -0.25) is 4.79 Å². The summed E-state index contributed by atoms with van der Waals surface area (Å²) < 4.78 is 9.82. The van der Waals surface area contributed by atoms with Gasteiger partial charge in [0.25, 0.3) is 0 Å². The fraction of sp³-hybridized carbons (Fsp3) is 0.737. The van der Waals surface area contributed by atoms with E-state index in [4.69, 9.17) is 4.74 Å². The number of aromatic nitrogens is 1. The molecule has 4 fully saturated rings. The highest BCUT2D eigenvalue weighted by atomic mass is 32.1. The third-order valence-corrected chi connectivity index (χ3v) is 7.46. The van der Waals surface area contributed by atoms with Gasteiger partial charge in [-0.05, 0) is 81.7 Å². The van der Waals surface area contributed by atoms with E-state index in [2.05, 4.69) is 9.69 Å². The van der Waals surface area contributed by atoms with Crippen molar-refractivity contribution >= 4 is 28.3 Å². The van der Waals surface area contributed by atoms with E-state index in [9.17, 15) is 9.59 Å². The highest BCUT2D eigenvalue weighted by Gasteiger charge is 2.55. The first-order valence-corrected chi connectivity index (χ1v) is 10.1. The van der Waals surface area contributed by atoms with Crippen molar-refractivity contribution in [3.05, 3.63) is 11.3 Å². The molecule has 1 heterocycles. The summed E-state index contributed by atoms with van der Waals surface area (Å²) in [5.41, 5.74) is 0.869. The van der Waals surface area contributed by atoms with E-state index in [0.717, 1.165) is 19.3 Å². The van der Waals surface area contributed by atoms with Crippen molar-refractivity contribution in [2.75, 3.05) is 12.4 Å². The van der Waals surface area contributed by atoms with Crippen LogP contribution in [0, 0.1) is 30.1 Å². The van der Waals surface area contributed by atoms with Crippen molar-refractivity contribution in [2.24, 2.45) is 23.2 Å². The molecule has 1 aromatic heterocycles. The molecule has 1 aromatic rings. The number of aryl methyl sites for hydroxylation is 1. The van der Waals surface area contributed by atoms with E-state index in [-0.39, 0.29) is 11.2 Å². The van der Waals surface area contributed by atoms with Gasteiger partial charge >= 0.3 is 5.97 Å². The molecule has 0 aliphatic heterocycles. The highest BCUT2D eigenvalue weighted by Crippen LogP contribution is 2.60. The van der Waals surface area contributed by atoms with E-state index in [1.807, 2.05) is 0 Å². The number of carbonyl (C=O) groups is 2. The molecule has 6 heteroatoms. The molecule has 1 atom stereocenters. The second kappa shape index (κ2) is 6.08. The molecule has 1 N–H and O–H groups in total. The van der Waals surface area contributed by atoms with Crippen molar-refractivity contribution in [3.63, 3.8) is 0 Å². The number of hydrogen-bond donors (Lipinski definition) is 1. The minimum atomic E-state index is -0.687. The monoisotopic (exact) mass is 362 g/mol. The molecular weight excluding hydrogens is 336 g/mol. The lowest BCUT2D eigenvalue weighted by Gasteiger charge is -2.56. The third kappa shape index (κ3) is 2.78. The van der Waals surface area contributed by atoms with E-state index < -0.39 is 12.1 Å². The summed E-state index contributed by atoms with van der Waals surface area (Å²) in [6.45, 7) is 3.53. The maximum atomic E-state index is 13.2. The molecule has 0 unspecified atom stereocenters. The van der Waals surface area contributed by atoms with Crippen LogP contribution in [0.4, 0.5) is 5.00 Å². The van der Waals surface area contributed by atoms with Gasteiger partial charge in [0.1, 0.15) is 10.6 Å². The molecular formula is C19H26N2O3S. The average Bonchev–Trinajstić information content (AvgIpc) is 2.93. The number of hydrogen-bond acceptors (Lipinski definition) is 6. The summed E-state index contributed by atoms with van der Waals surface area (Å²) >= 11 is 1.24. The number of esters is 1. The van der Waals surface area contributed by atoms with Gasteiger partial charge in [0.15, 0.2) is 11.9 Å². The van der Waals surface area contributed by atoms with E-state index in [1.54, 1.807) is 20.9 Å². The molecule has 0 radical (unpaired) electrons. The Morgan fingerprint density at radius 1 is 1.20 bits per heavy atom. The summed E-state index contributed by atoms with van der Waals surface area (Å²) in [6, 6.07) is 0. The zero-order chi connectivity index (χ0) is 17.8. The molecule has 4 bridgehead atoms. The van der Waals surface area contributed by atoms with Crippen LogP contribution in [0.1, 0.15) is 61.5 Å². The highest BCUT2D eigenvalue weighted by molar-refractivity contribution is 7.10. The van der Waals surface area contributed by atoms with Crippen LogP contribution < -0.4 is 5.32 Å². The molecule has 5 nitrogen and oxygen atoms in total. The second-order valence-electron chi connectivity index (χ2n) is 8.33. The minimum Gasteiger partial charge on any atom is -0.451 e. The summed E-state index contributed by atoms with van der Waals surface area (Å²) in [4.78, 5) is 25.8. The van der Waals surface area contributed by atoms with Gasteiger partial charge in [0.05, 0.1) is 5.69 Å². The summed E-state index contributed by atoms with van der Waals surface area (Å²) in [5, 5.41) is 3.67. The molecule has 0 saturated heterocycles. The molecule has 0 spiro atoms. The standard InChI is InChI=1S/C19H26N2O3S/c1-10-15(17(20-3)25-21-10)18(23)24-11(2)16(22)19-7-12-4-13(8-19)6-14(5-12)9-19/h11-14,20H,4-9H2,1-3H3/t11-,12?,13?,14?,19?/m0/s1. The number of carbonyl (C=O) groups excluding carboxylic acids is 2. The third-order valence-electron chi connectivity index (χ3n) is 6.51. The summed E-state index contributed by atoms with van der Waals surface area (Å²) in [7, 11) is 1.76. The maximum absolute atomic E-state index is 13.2. The zero-order valence-corrected chi connectivity index (χ0v) is 15.9. The van der Waals surface area contributed by atoms with Gasteiger partial charge in [-0.2, -0.15) is 4.37 Å². The predicted octanol–water partition coefficient (Wildman–Crippen LogP) is 3.82. The van der Waals surface area contributed by atoms with Crippen molar-refractivity contribution in [1.82, 2.24) is 4.37 Å². The van der Waals surface area contributed by atoms with Crippen molar-refractivity contribution < 1.29 is 14.3 Å². The smallest absolute Gasteiger partial charge is 0.343 e. The summed E-state index contributed by atoms with van der Waals surface area (Å²) in [5.74, 6) is 1.82. The van der Waals surface area contributed by atoms with Crippen LogP contribution in [0.2, 0.25) is 0 Å². The Bertz CT molecular complexity index is 676. The Hall–Kier alpha value is -1.43. The van der Waals surface area contributed by atoms with E-state index >= 15 is 0 Å². The van der Waals surface area contributed by atoms with Crippen LogP contribution in [-0.4, -0.2) is 29.3 Å². The summed E-state index contributed by atoms with van der Waals surface area (Å²) in [6.07, 6.45) is 6.21. The Morgan fingerprint density at radius 2 is 1.76 bits per heavy atom.